The molecule has 2 saturated carbocycles. The summed E-state index contributed by atoms with van der Waals surface area (Å²) < 4.78 is 118. The van der Waals surface area contributed by atoms with E-state index >= 15 is 4.39 Å². The maximum Gasteiger partial charge on any atom is 0.573 e. The Morgan fingerprint density at radius 2 is 1.53 bits per heavy atom. The topological polar surface area (TPSA) is 276 Å². The summed E-state index contributed by atoms with van der Waals surface area (Å²) in [6.45, 7) is 6.70. The van der Waals surface area contributed by atoms with Gasteiger partial charge in [0, 0.05) is 30.1 Å². The summed E-state index contributed by atoms with van der Waals surface area (Å²) in [5.41, 5.74) is 13.1. The largest absolute Gasteiger partial charge is 0.611 e. The zero-order valence-electron chi connectivity index (χ0n) is 42.5. The van der Waals surface area contributed by atoms with E-state index < -0.39 is 80.1 Å². The van der Waals surface area contributed by atoms with Crippen LogP contribution in [0.25, 0.3) is 22.8 Å². The first-order valence-corrected chi connectivity index (χ1v) is 27.7. The molecule has 0 radical (unpaired) electrons. The number of carbonyl (C=O) groups is 3. The summed E-state index contributed by atoms with van der Waals surface area (Å²) >= 11 is -1.85. The zero-order valence-corrected chi connectivity index (χ0v) is 44.1. The normalized spacial score (nSPS) is 22.7. The first-order valence-electron chi connectivity index (χ1n) is 24.7. The molecule has 4 aromatic carbocycles. The number of nitrogens with zero attached hydrogens (tertiary/aromatic N) is 7. The number of aromatic nitrogens is 4. The number of carbonyl (C=O) groups excluding carboxylic acids is 3. The van der Waals surface area contributed by atoms with Crippen molar-refractivity contribution in [1.82, 2.24) is 25.2 Å². The first kappa shape index (κ1) is 54.2. The summed E-state index contributed by atoms with van der Waals surface area (Å²) in [4.78, 5) is 47.4. The van der Waals surface area contributed by atoms with E-state index in [1.807, 2.05) is 45.0 Å². The van der Waals surface area contributed by atoms with E-state index in [9.17, 15) is 40.5 Å². The minimum atomic E-state index is -4.87. The van der Waals surface area contributed by atoms with Gasteiger partial charge in [0.15, 0.2) is 14.7 Å². The Labute approximate surface area is 447 Å². The summed E-state index contributed by atoms with van der Waals surface area (Å²) in [5, 5.41) is 12.2. The molecular weight excluding hydrogens is 1070 g/mol. The fraction of sp³-hybridized carbons (Fsp3) is 0.404. The molecular formula is C52H53F4N9O11S2. The van der Waals surface area contributed by atoms with Crippen LogP contribution in [0.1, 0.15) is 69.4 Å². The van der Waals surface area contributed by atoms with Gasteiger partial charge in [-0.05, 0) is 102 Å². The van der Waals surface area contributed by atoms with Crippen molar-refractivity contribution in [2.75, 3.05) is 41.5 Å². The predicted molar refractivity (Wildman–Crippen MR) is 271 cm³/mol. The molecule has 12 rings (SSSR count). The lowest BCUT2D eigenvalue weighted by molar-refractivity contribution is -0.274. The lowest BCUT2D eigenvalue weighted by atomic mass is 9.58. The number of methoxy groups -OCH3 is 1. The number of anilines is 2. The molecule has 2 aromatic heterocycles. The van der Waals surface area contributed by atoms with Gasteiger partial charge in [-0.25, -0.2) is 17.6 Å². The molecule has 6 aliphatic rings. The van der Waals surface area contributed by atoms with E-state index in [1.54, 1.807) is 17.0 Å². The van der Waals surface area contributed by atoms with Crippen molar-refractivity contribution in [2.45, 2.75) is 105 Å². The van der Waals surface area contributed by atoms with E-state index in [-0.39, 0.29) is 80.6 Å². The van der Waals surface area contributed by atoms with Gasteiger partial charge in [-0.1, -0.05) is 50.2 Å². The highest BCUT2D eigenvalue weighted by Crippen LogP contribution is 2.52. The van der Waals surface area contributed by atoms with Gasteiger partial charge >= 0.3 is 12.5 Å². The molecule has 412 valence electrons. The van der Waals surface area contributed by atoms with Gasteiger partial charge in [-0.3, -0.25) is 9.59 Å². The molecule has 78 heavy (non-hydrogen) atoms. The van der Waals surface area contributed by atoms with Crippen LogP contribution in [0.2, 0.25) is 0 Å². The molecule has 0 spiro atoms. The van der Waals surface area contributed by atoms with Crippen LogP contribution in [0, 0.1) is 11.7 Å². The molecule has 20 nitrogen and oxygen atoms in total. The number of sulfone groups is 1. The second kappa shape index (κ2) is 20.6. The number of amides is 3. The third-order valence-electron chi connectivity index (χ3n) is 13.9. The molecule has 2 aliphatic carbocycles. The fourth-order valence-electron chi connectivity index (χ4n) is 9.88. The number of fused-ring (bicyclic) bond motifs is 4. The molecule has 4 fully saturated rings. The SMILES string of the molecule is CC(C)(C)c1nnc(-c2ccc3c(c2)N(Cc2ccc(OC4CC4)cc2)C(=O)[C@@H](N)CS3(=O)=O)o1.COC(=O)N1CC2CC(c3nc(-c4cc5c(cc4F)[S+]([O-])C[C@H](N)C(=O)N5Cc4ccc(OC(F)(F)F)cc4)no3)(C2)C1. The summed E-state index contributed by atoms with van der Waals surface area (Å²) in [7, 11) is -2.49. The smallest absolute Gasteiger partial charge is 0.573 e. The number of hydrogen-bond acceptors (Lipinski definition) is 17. The molecule has 4 N–H and O–H groups in total. The standard InChI is InChI=1S/C27H25F4N5O6S.C25H28N4O5S/c1-40-25(38)35-10-15-8-26(9-15,13-35)24-33-22(34-42-24)17-6-20-21(7-18(17)28)43(39)12-19(32)23(37)36(20)11-14-2-4-16(5-3-14)41-27(29,30)31;1-25(2,3)24-28-27-22(34-24)16-6-11-21-20(12-16)29(23(30)19(26)14-35(21,31)32)13-15-4-7-17(8-5-15)33-18-9-10-18/h2-7,15,19H,8-13,32H2,1H3;4-8,11-12,18-19H,9-10,13-14,26H2,1-3H3/t15?,19-,26?,43?;19-/m00/s1. The molecule has 26 heteroatoms. The van der Waals surface area contributed by atoms with Crippen LogP contribution in [0.3, 0.4) is 0 Å². The van der Waals surface area contributed by atoms with Crippen LogP contribution in [0.4, 0.5) is 33.7 Å². The van der Waals surface area contributed by atoms with Crippen molar-refractivity contribution >= 4 is 50.3 Å². The first-order chi connectivity index (χ1) is 36.9. The Balaban J connectivity index is 0.000000180. The summed E-state index contributed by atoms with van der Waals surface area (Å²) in [5.74, 6) is -1.21. The summed E-state index contributed by atoms with van der Waals surface area (Å²) in [6.07, 6.45) is -1.51. The molecule has 1 unspecified atom stereocenters. The van der Waals surface area contributed by atoms with E-state index in [0.717, 1.165) is 42.4 Å². The highest BCUT2D eigenvalue weighted by molar-refractivity contribution is 7.92. The molecule has 2 bridgehead atoms. The zero-order chi connectivity index (χ0) is 55.6. The van der Waals surface area contributed by atoms with Gasteiger partial charge in [0.25, 0.3) is 0 Å². The minimum absolute atomic E-state index is 0.0183. The second-order valence-corrected chi connectivity index (χ2v) is 24.4. The fourth-order valence-corrected chi connectivity index (χ4v) is 12.7. The Bertz CT molecular complexity index is 3380. The third-order valence-corrected chi connectivity index (χ3v) is 17.1. The maximum atomic E-state index is 15.5. The molecule has 2 saturated heterocycles. The van der Waals surface area contributed by atoms with Crippen molar-refractivity contribution in [1.29, 1.82) is 0 Å². The van der Waals surface area contributed by atoms with Crippen LogP contribution in [0.15, 0.2) is 97.6 Å². The Hall–Kier alpha value is -7.13. The molecule has 6 aromatic rings. The second-order valence-electron chi connectivity index (χ2n) is 21.0. The third kappa shape index (κ3) is 11.3. The minimum Gasteiger partial charge on any atom is -0.611 e. The van der Waals surface area contributed by atoms with E-state index in [2.05, 4.69) is 25.1 Å². The quantitative estimate of drug-likeness (QED) is 0.106. The van der Waals surface area contributed by atoms with E-state index in [1.165, 1.54) is 41.2 Å². The Kier molecular flexibility index (Phi) is 14.3. The average Bonchev–Trinajstić information content (AvgIpc) is 3.87. The van der Waals surface area contributed by atoms with Gasteiger partial charge in [-0.15, -0.1) is 23.4 Å². The van der Waals surface area contributed by atoms with Crippen molar-refractivity contribution in [3.8, 4) is 34.3 Å². The number of piperidine rings is 2. The Morgan fingerprint density at radius 1 is 0.885 bits per heavy atom. The number of ether oxygens (including phenoxy) is 3. The van der Waals surface area contributed by atoms with Crippen LogP contribution in [-0.2, 0) is 59.3 Å². The maximum absolute atomic E-state index is 15.5. The van der Waals surface area contributed by atoms with Gasteiger partial charge in [-0.2, -0.15) is 4.98 Å². The van der Waals surface area contributed by atoms with Crippen molar-refractivity contribution in [3.63, 3.8) is 0 Å². The average molecular weight is 1120 g/mol. The van der Waals surface area contributed by atoms with Crippen molar-refractivity contribution in [2.24, 2.45) is 17.4 Å². The number of hydrogen-bond donors (Lipinski definition) is 2. The lowest BCUT2D eigenvalue weighted by Crippen LogP contribution is -2.60. The van der Waals surface area contributed by atoms with Crippen molar-refractivity contribution < 1.29 is 68.1 Å². The number of alkyl halides is 3. The Morgan fingerprint density at radius 3 is 2.14 bits per heavy atom. The predicted octanol–water partition coefficient (Wildman–Crippen LogP) is 6.71. The molecule has 3 amide bonds. The monoisotopic (exact) mass is 1120 g/mol. The van der Waals surface area contributed by atoms with Gasteiger partial charge < -0.3 is 53.9 Å². The highest BCUT2D eigenvalue weighted by Gasteiger charge is 2.56. The lowest BCUT2D eigenvalue weighted by Gasteiger charge is -2.53. The van der Waals surface area contributed by atoms with Gasteiger partial charge in [0.1, 0.15) is 34.8 Å². The number of nitrogens with two attached hydrogens (primary N) is 2. The summed E-state index contributed by atoms with van der Waals surface area (Å²) in [6, 6.07) is 17.0. The van der Waals surface area contributed by atoms with E-state index in [4.69, 9.17) is 29.9 Å². The number of rotatable bonds is 10. The van der Waals surface area contributed by atoms with Crippen LogP contribution in [0.5, 0.6) is 11.5 Å². The van der Waals surface area contributed by atoms with Crippen LogP contribution in [-0.4, -0.2) is 112 Å². The molecule has 6 heterocycles. The molecule has 4 aliphatic heterocycles. The van der Waals surface area contributed by atoms with Crippen molar-refractivity contribution in [3.05, 3.63) is 108 Å². The van der Waals surface area contributed by atoms with Crippen LogP contribution < -0.4 is 30.7 Å². The highest BCUT2D eigenvalue weighted by atomic mass is 32.2. The molecule has 3 atom stereocenters. The van der Waals surface area contributed by atoms with E-state index in [0.29, 0.717) is 42.9 Å². The van der Waals surface area contributed by atoms with Gasteiger partial charge in [0.05, 0.1) is 59.7 Å². The number of halogens is 4. The van der Waals surface area contributed by atoms with Crippen LogP contribution >= 0.6 is 0 Å². The number of benzene rings is 4. The van der Waals surface area contributed by atoms with Gasteiger partial charge in [0.2, 0.25) is 35.3 Å².